The van der Waals surface area contributed by atoms with Crippen LogP contribution in [0.1, 0.15) is 58.3 Å². The lowest BCUT2D eigenvalue weighted by molar-refractivity contribution is -0.145. The van der Waals surface area contributed by atoms with Crippen molar-refractivity contribution >= 4 is 11.8 Å². The van der Waals surface area contributed by atoms with E-state index in [-0.39, 0.29) is 23.3 Å². The second-order valence-corrected chi connectivity index (χ2v) is 5.73. The summed E-state index contributed by atoms with van der Waals surface area (Å²) in [4.78, 5) is 26.4. The van der Waals surface area contributed by atoms with E-state index < -0.39 is 0 Å². The minimum Gasteiger partial charge on any atom is -0.330 e. The molecule has 18 heavy (non-hydrogen) atoms. The molecular formula is C14H24N2O2. The van der Waals surface area contributed by atoms with Gasteiger partial charge in [0.15, 0.2) is 0 Å². The predicted molar refractivity (Wildman–Crippen MR) is 69.7 cm³/mol. The Morgan fingerprint density at radius 2 is 1.94 bits per heavy atom. The molecule has 0 bridgehead atoms. The number of hydrogen-bond acceptors (Lipinski definition) is 3. The normalized spacial score (nSPS) is 24.9. The van der Waals surface area contributed by atoms with Crippen molar-refractivity contribution in [2.75, 3.05) is 6.54 Å². The van der Waals surface area contributed by atoms with Gasteiger partial charge in [0, 0.05) is 12.5 Å². The van der Waals surface area contributed by atoms with Crippen LogP contribution in [0.5, 0.6) is 0 Å². The summed E-state index contributed by atoms with van der Waals surface area (Å²) in [5.41, 5.74) is 5.23. The third-order valence-corrected chi connectivity index (χ3v) is 4.58. The molecule has 1 spiro atoms. The highest BCUT2D eigenvalue weighted by Gasteiger charge is 2.52. The number of carbonyl (C=O) groups is 2. The Hall–Kier alpha value is -0.900. The molecule has 1 aliphatic carbocycles. The Labute approximate surface area is 109 Å². The van der Waals surface area contributed by atoms with Crippen molar-refractivity contribution in [3.05, 3.63) is 0 Å². The third-order valence-electron chi connectivity index (χ3n) is 4.58. The van der Waals surface area contributed by atoms with E-state index in [4.69, 9.17) is 5.73 Å². The van der Waals surface area contributed by atoms with Gasteiger partial charge < -0.3 is 5.73 Å². The zero-order valence-corrected chi connectivity index (χ0v) is 11.3. The van der Waals surface area contributed by atoms with Gasteiger partial charge in [0.05, 0.1) is 5.41 Å². The van der Waals surface area contributed by atoms with Gasteiger partial charge >= 0.3 is 0 Å². The van der Waals surface area contributed by atoms with E-state index in [1.54, 1.807) is 0 Å². The molecule has 2 N–H and O–H groups in total. The molecule has 2 amide bonds. The largest absolute Gasteiger partial charge is 0.330 e. The second kappa shape index (κ2) is 5.39. The van der Waals surface area contributed by atoms with Crippen molar-refractivity contribution in [2.45, 2.75) is 64.3 Å². The molecule has 0 aromatic heterocycles. The van der Waals surface area contributed by atoms with E-state index in [1.165, 1.54) is 11.3 Å². The number of hydrogen-bond donors (Lipinski definition) is 1. The van der Waals surface area contributed by atoms with E-state index in [1.807, 2.05) is 6.92 Å². The van der Waals surface area contributed by atoms with Crippen LogP contribution in [0.2, 0.25) is 0 Å². The molecule has 1 saturated carbocycles. The lowest BCUT2D eigenvalue weighted by atomic mass is 9.73. The maximum atomic E-state index is 12.6. The minimum atomic E-state index is -0.350. The molecule has 0 aromatic rings. The molecule has 102 valence electrons. The van der Waals surface area contributed by atoms with E-state index in [0.29, 0.717) is 13.0 Å². The Bertz CT molecular complexity index is 335. The average Bonchev–Trinajstić information content (AvgIpc) is 2.60. The molecule has 2 fully saturated rings. The van der Waals surface area contributed by atoms with Gasteiger partial charge in [0.25, 0.3) is 0 Å². The summed E-state index contributed by atoms with van der Waals surface area (Å²) in [6.45, 7) is 2.55. The van der Waals surface area contributed by atoms with E-state index >= 15 is 0 Å². The number of nitrogens with two attached hydrogens (primary N) is 1. The molecule has 1 atom stereocenters. The number of nitrogens with zero attached hydrogens (tertiary/aromatic N) is 1. The number of rotatable bonds is 4. The first-order valence-corrected chi connectivity index (χ1v) is 7.21. The second-order valence-electron chi connectivity index (χ2n) is 5.73. The van der Waals surface area contributed by atoms with Crippen molar-refractivity contribution in [3.8, 4) is 0 Å². The summed E-state index contributed by atoms with van der Waals surface area (Å²) in [6, 6.07) is 0.0105. The van der Waals surface area contributed by atoms with Gasteiger partial charge in [-0.05, 0) is 32.2 Å². The van der Waals surface area contributed by atoms with Crippen LogP contribution in [0.25, 0.3) is 0 Å². The summed E-state index contributed by atoms with van der Waals surface area (Å²) in [5.74, 6) is 0.120. The van der Waals surface area contributed by atoms with Gasteiger partial charge in [-0.3, -0.25) is 14.5 Å². The topological polar surface area (TPSA) is 63.4 Å². The molecule has 0 aromatic carbocycles. The van der Waals surface area contributed by atoms with Crippen LogP contribution in [0, 0.1) is 5.41 Å². The third kappa shape index (κ3) is 2.18. The number of carbonyl (C=O) groups excluding carboxylic acids is 2. The summed E-state index contributed by atoms with van der Waals surface area (Å²) in [5, 5.41) is 0. The first-order valence-electron chi connectivity index (χ1n) is 7.21. The van der Waals surface area contributed by atoms with Gasteiger partial charge in [0.1, 0.15) is 0 Å². The van der Waals surface area contributed by atoms with Gasteiger partial charge in [0.2, 0.25) is 11.8 Å². The van der Waals surface area contributed by atoms with Crippen molar-refractivity contribution in [2.24, 2.45) is 11.1 Å². The van der Waals surface area contributed by atoms with Gasteiger partial charge in [-0.1, -0.05) is 26.2 Å². The van der Waals surface area contributed by atoms with E-state index in [9.17, 15) is 9.59 Å². The first-order chi connectivity index (χ1) is 8.64. The molecule has 1 aliphatic heterocycles. The van der Waals surface area contributed by atoms with Gasteiger partial charge in [-0.25, -0.2) is 0 Å². The van der Waals surface area contributed by atoms with Crippen LogP contribution in [0.4, 0.5) is 0 Å². The van der Waals surface area contributed by atoms with Crippen LogP contribution in [0.15, 0.2) is 0 Å². The van der Waals surface area contributed by atoms with Crippen molar-refractivity contribution in [3.63, 3.8) is 0 Å². The summed E-state index contributed by atoms with van der Waals surface area (Å²) in [7, 11) is 0. The van der Waals surface area contributed by atoms with Crippen LogP contribution >= 0.6 is 0 Å². The van der Waals surface area contributed by atoms with E-state index in [0.717, 1.165) is 38.5 Å². The standard InChI is InChI=1S/C14H24N2O2/c1-2-11(6-9-15)16-12(17)10-14(13(16)18)7-4-3-5-8-14/h11H,2-10,15H2,1H3. The van der Waals surface area contributed by atoms with Crippen molar-refractivity contribution in [1.29, 1.82) is 0 Å². The minimum absolute atomic E-state index is 0.0105. The van der Waals surface area contributed by atoms with Crippen LogP contribution < -0.4 is 5.73 Å². The maximum absolute atomic E-state index is 12.6. The Balaban J connectivity index is 2.17. The van der Waals surface area contributed by atoms with Crippen LogP contribution in [-0.2, 0) is 9.59 Å². The Morgan fingerprint density at radius 1 is 1.28 bits per heavy atom. The Kier molecular flexibility index (Phi) is 4.05. The highest BCUT2D eigenvalue weighted by molar-refractivity contribution is 6.06. The fourth-order valence-electron chi connectivity index (χ4n) is 3.52. The predicted octanol–water partition coefficient (Wildman–Crippen LogP) is 1.82. The number of likely N-dealkylation sites (tertiary alicyclic amines) is 1. The molecular weight excluding hydrogens is 228 g/mol. The fourth-order valence-corrected chi connectivity index (χ4v) is 3.52. The Morgan fingerprint density at radius 3 is 2.50 bits per heavy atom. The molecule has 4 heteroatoms. The maximum Gasteiger partial charge on any atom is 0.236 e. The lowest BCUT2D eigenvalue weighted by Gasteiger charge is -2.32. The quantitative estimate of drug-likeness (QED) is 0.776. The number of imide groups is 1. The van der Waals surface area contributed by atoms with Crippen LogP contribution in [-0.4, -0.2) is 29.3 Å². The first kappa shape index (κ1) is 13.5. The molecule has 0 radical (unpaired) electrons. The van der Waals surface area contributed by atoms with Gasteiger partial charge in [-0.15, -0.1) is 0 Å². The zero-order chi connectivity index (χ0) is 13.2. The van der Waals surface area contributed by atoms with Crippen molar-refractivity contribution in [1.82, 2.24) is 4.90 Å². The monoisotopic (exact) mass is 252 g/mol. The van der Waals surface area contributed by atoms with E-state index in [2.05, 4.69) is 0 Å². The SMILES string of the molecule is CCC(CCN)N1C(=O)CC2(CCCCC2)C1=O. The highest BCUT2D eigenvalue weighted by atomic mass is 16.2. The molecule has 4 nitrogen and oxygen atoms in total. The lowest BCUT2D eigenvalue weighted by Crippen LogP contribution is -2.43. The molecule has 1 unspecified atom stereocenters. The smallest absolute Gasteiger partial charge is 0.236 e. The van der Waals surface area contributed by atoms with Crippen LogP contribution in [0.3, 0.4) is 0 Å². The summed E-state index contributed by atoms with van der Waals surface area (Å²) < 4.78 is 0. The fraction of sp³-hybridized carbons (Fsp3) is 0.857. The van der Waals surface area contributed by atoms with Crippen molar-refractivity contribution < 1.29 is 9.59 Å². The zero-order valence-electron chi connectivity index (χ0n) is 11.3. The molecule has 1 heterocycles. The molecule has 2 aliphatic rings. The molecule has 2 rings (SSSR count). The average molecular weight is 252 g/mol. The highest BCUT2D eigenvalue weighted by Crippen LogP contribution is 2.46. The summed E-state index contributed by atoms with van der Waals surface area (Å²) in [6.07, 6.45) is 7.13. The number of amides is 2. The summed E-state index contributed by atoms with van der Waals surface area (Å²) >= 11 is 0. The molecule has 1 saturated heterocycles. The van der Waals surface area contributed by atoms with Gasteiger partial charge in [-0.2, -0.15) is 0 Å².